The molecule has 1 fully saturated rings. The molecule has 0 amide bonds. The van der Waals surface area contributed by atoms with E-state index >= 15 is 0 Å². The van der Waals surface area contributed by atoms with Crippen molar-refractivity contribution in [2.75, 3.05) is 13.1 Å². The van der Waals surface area contributed by atoms with Gasteiger partial charge >= 0.3 is 5.97 Å². The molecule has 1 aromatic rings. The number of nitrogens with one attached hydrogen (secondary N) is 1. The lowest BCUT2D eigenvalue weighted by Gasteiger charge is -2.28. The summed E-state index contributed by atoms with van der Waals surface area (Å²) >= 11 is 0. The molecule has 2 N–H and O–H groups in total. The van der Waals surface area contributed by atoms with Gasteiger partial charge in [0.25, 0.3) is 0 Å². The van der Waals surface area contributed by atoms with Gasteiger partial charge in [0.1, 0.15) is 11.9 Å². The SMILES string of the molecule is O=C(O)c1c(OC2CNC2)ccc2c1BCC2. The normalized spacial score (nSPS) is 18.1. The quantitative estimate of drug-likeness (QED) is 0.705. The van der Waals surface area contributed by atoms with Crippen LogP contribution in [0.25, 0.3) is 0 Å². The molecule has 2 heterocycles. The Kier molecular flexibility index (Phi) is 2.55. The van der Waals surface area contributed by atoms with Gasteiger partial charge in [0, 0.05) is 13.1 Å². The van der Waals surface area contributed by atoms with Crippen LogP contribution in [0.1, 0.15) is 15.9 Å². The van der Waals surface area contributed by atoms with E-state index in [4.69, 9.17) is 4.74 Å². The molecular weight excluding hydrogens is 217 g/mol. The van der Waals surface area contributed by atoms with Crippen molar-refractivity contribution in [3.63, 3.8) is 0 Å². The van der Waals surface area contributed by atoms with E-state index in [1.807, 2.05) is 12.1 Å². The van der Waals surface area contributed by atoms with Gasteiger partial charge in [-0.05, 0) is 12.5 Å². The van der Waals surface area contributed by atoms with Gasteiger partial charge in [-0.25, -0.2) is 4.79 Å². The fourth-order valence-corrected chi connectivity index (χ4v) is 2.50. The van der Waals surface area contributed by atoms with E-state index in [9.17, 15) is 9.90 Å². The Labute approximate surface area is 100 Å². The van der Waals surface area contributed by atoms with Crippen LogP contribution in [0.3, 0.4) is 0 Å². The summed E-state index contributed by atoms with van der Waals surface area (Å²) in [5.41, 5.74) is 2.52. The molecule has 2 aliphatic rings. The van der Waals surface area contributed by atoms with Crippen molar-refractivity contribution in [3.05, 3.63) is 23.3 Å². The van der Waals surface area contributed by atoms with Crippen LogP contribution >= 0.6 is 0 Å². The fourth-order valence-electron chi connectivity index (χ4n) is 2.50. The molecule has 0 bridgehead atoms. The highest BCUT2D eigenvalue weighted by Crippen LogP contribution is 2.24. The summed E-state index contributed by atoms with van der Waals surface area (Å²) in [6.45, 7) is 1.60. The average molecular weight is 231 g/mol. The Bertz CT molecular complexity index is 471. The van der Waals surface area contributed by atoms with Crippen LogP contribution in [-0.4, -0.2) is 37.5 Å². The Hall–Kier alpha value is -1.49. The van der Waals surface area contributed by atoms with Crippen molar-refractivity contribution >= 4 is 18.7 Å². The Morgan fingerprint density at radius 3 is 2.94 bits per heavy atom. The highest BCUT2D eigenvalue weighted by atomic mass is 16.5. The van der Waals surface area contributed by atoms with E-state index in [2.05, 4.69) is 5.32 Å². The van der Waals surface area contributed by atoms with Gasteiger partial charge in [0.15, 0.2) is 7.28 Å². The summed E-state index contributed by atoms with van der Waals surface area (Å²) < 4.78 is 5.72. The maximum Gasteiger partial charge on any atom is 0.338 e. The number of carboxylic acid groups (broad SMARTS) is 1. The summed E-state index contributed by atoms with van der Waals surface area (Å²) in [5.74, 6) is -0.337. The molecule has 1 saturated heterocycles. The van der Waals surface area contributed by atoms with Crippen LogP contribution in [0.2, 0.25) is 6.32 Å². The Morgan fingerprint density at radius 1 is 1.47 bits per heavy atom. The number of aryl methyl sites for hydroxylation is 1. The minimum Gasteiger partial charge on any atom is -0.487 e. The molecule has 1 aromatic carbocycles. The highest BCUT2D eigenvalue weighted by molar-refractivity contribution is 6.57. The summed E-state index contributed by atoms with van der Waals surface area (Å²) in [6.07, 6.45) is 2.15. The van der Waals surface area contributed by atoms with Crippen molar-refractivity contribution in [2.45, 2.75) is 18.8 Å². The maximum atomic E-state index is 11.4. The molecule has 0 aromatic heterocycles. The molecule has 5 heteroatoms. The Balaban J connectivity index is 1.98. The second kappa shape index (κ2) is 4.07. The van der Waals surface area contributed by atoms with Gasteiger partial charge in [0.05, 0.1) is 5.56 Å². The first kappa shape index (κ1) is 10.7. The van der Waals surface area contributed by atoms with Gasteiger partial charge in [0.2, 0.25) is 0 Å². The first-order valence-corrected chi connectivity index (χ1v) is 6.01. The molecule has 0 spiro atoms. The molecular formula is C12H14BNO3. The predicted molar refractivity (Wildman–Crippen MR) is 66.0 cm³/mol. The number of carbonyl (C=O) groups is 1. The third-order valence-corrected chi connectivity index (χ3v) is 3.50. The summed E-state index contributed by atoms with van der Waals surface area (Å²) in [7, 11) is 0.858. The molecule has 2 aliphatic heterocycles. The number of fused-ring (bicyclic) bond motifs is 1. The molecule has 0 unspecified atom stereocenters. The lowest BCUT2D eigenvalue weighted by molar-refractivity contribution is 0.0686. The van der Waals surface area contributed by atoms with Crippen molar-refractivity contribution < 1.29 is 14.6 Å². The van der Waals surface area contributed by atoms with E-state index < -0.39 is 5.97 Å². The zero-order valence-electron chi connectivity index (χ0n) is 9.53. The smallest absolute Gasteiger partial charge is 0.338 e. The van der Waals surface area contributed by atoms with Crippen LogP contribution in [0, 0.1) is 0 Å². The monoisotopic (exact) mass is 231 g/mol. The van der Waals surface area contributed by atoms with E-state index in [1.165, 1.54) is 5.56 Å². The second-order valence-electron chi connectivity index (χ2n) is 4.63. The molecule has 0 saturated carbocycles. The lowest BCUT2D eigenvalue weighted by atomic mass is 9.70. The Morgan fingerprint density at radius 2 is 2.29 bits per heavy atom. The molecule has 17 heavy (non-hydrogen) atoms. The number of benzene rings is 1. The first-order valence-electron chi connectivity index (χ1n) is 6.01. The van der Waals surface area contributed by atoms with E-state index in [0.717, 1.165) is 38.6 Å². The number of aromatic carboxylic acids is 1. The van der Waals surface area contributed by atoms with Crippen LogP contribution < -0.4 is 15.5 Å². The summed E-state index contributed by atoms with van der Waals surface area (Å²) in [4.78, 5) is 11.4. The molecule has 0 radical (unpaired) electrons. The topological polar surface area (TPSA) is 58.6 Å². The first-order chi connectivity index (χ1) is 8.25. The van der Waals surface area contributed by atoms with Crippen LogP contribution in [0.15, 0.2) is 12.1 Å². The predicted octanol–water partition coefficient (Wildman–Crippen LogP) is -0.228. The number of hydrogen-bond donors (Lipinski definition) is 2. The second-order valence-corrected chi connectivity index (χ2v) is 4.63. The molecule has 3 rings (SSSR count). The van der Waals surface area contributed by atoms with Crippen molar-refractivity contribution in [1.82, 2.24) is 5.32 Å². The standard InChI is InChI=1S/C12H14BNO3/c15-12(16)10-9(17-8-5-14-6-8)2-1-7-3-4-13-11(7)10/h1-2,8,13-14H,3-6H2,(H,15,16). The van der Waals surface area contributed by atoms with E-state index in [1.54, 1.807) is 0 Å². The van der Waals surface area contributed by atoms with Crippen molar-refractivity contribution in [1.29, 1.82) is 0 Å². The zero-order chi connectivity index (χ0) is 11.8. The zero-order valence-corrected chi connectivity index (χ0v) is 9.53. The molecule has 0 atom stereocenters. The van der Waals surface area contributed by atoms with Gasteiger partial charge in [-0.1, -0.05) is 23.4 Å². The molecule has 4 nitrogen and oxygen atoms in total. The van der Waals surface area contributed by atoms with E-state index in [0.29, 0.717) is 11.3 Å². The number of carboxylic acids is 1. The van der Waals surface area contributed by atoms with Crippen LogP contribution in [-0.2, 0) is 6.42 Å². The van der Waals surface area contributed by atoms with Crippen LogP contribution in [0.5, 0.6) is 5.75 Å². The largest absolute Gasteiger partial charge is 0.487 e. The third-order valence-electron chi connectivity index (χ3n) is 3.50. The van der Waals surface area contributed by atoms with Gasteiger partial charge < -0.3 is 15.2 Å². The van der Waals surface area contributed by atoms with Crippen LogP contribution in [0.4, 0.5) is 0 Å². The van der Waals surface area contributed by atoms with Crippen molar-refractivity contribution in [3.8, 4) is 5.75 Å². The minimum atomic E-state index is -0.869. The number of hydrogen-bond acceptors (Lipinski definition) is 3. The summed E-state index contributed by atoms with van der Waals surface area (Å²) in [6, 6.07) is 3.82. The van der Waals surface area contributed by atoms with Gasteiger partial charge in [-0.3, -0.25) is 0 Å². The average Bonchev–Trinajstić information content (AvgIpc) is 2.69. The molecule has 0 aliphatic carbocycles. The highest BCUT2D eigenvalue weighted by Gasteiger charge is 2.26. The van der Waals surface area contributed by atoms with Crippen molar-refractivity contribution in [2.24, 2.45) is 0 Å². The molecule has 88 valence electrons. The number of ether oxygens (including phenoxy) is 1. The third kappa shape index (κ3) is 1.80. The van der Waals surface area contributed by atoms with Gasteiger partial charge in [-0.15, -0.1) is 0 Å². The van der Waals surface area contributed by atoms with E-state index in [-0.39, 0.29) is 6.10 Å². The number of rotatable bonds is 3. The minimum absolute atomic E-state index is 0.118. The lowest BCUT2D eigenvalue weighted by Crippen LogP contribution is -2.50. The van der Waals surface area contributed by atoms with Gasteiger partial charge in [-0.2, -0.15) is 0 Å². The summed E-state index contributed by atoms with van der Waals surface area (Å²) in [5, 5.41) is 12.4. The fraction of sp³-hybridized carbons (Fsp3) is 0.417. The maximum absolute atomic E-state index is 11.4.